The van der Waals surface area contributed by atoms with E-state index in [0.29, 0.717) is 13.1 Å². The molecule has 1 aromatic rings. The minimum absolute atomic E-state index is 0.0663. The predicted octanol–water partition coefficient (Wildman–Crippen LogP) is 1.74. The van der Waals surface area contributed by atoms with Crippen LogP contribution in [-0.4, -0.2) is 61.2 Å². The first-order valence-corrected chi connectivity index (χ1v) is 6.49. The summed E-state index contributed by atoms with van der Waals surface area (Å²) in [6, 6.07) is 6.21. The van der Waals surface area contributed by atoms with Crippen molar-refractivity contribution in [2.24, 2.45) is 0 Å². The van der Waals surface area contributed by atoms with Crippen LogP contribution in [-0.2, 0) is 11.3 Å². The van der Waals surface area contributed by atoms with Crippen molar-refractivity contribution in [2.45, 2.75) is 13.2 Å². The Morgan fingerprint density at radius 2 is 1.86 bits per heavy atom. The minimum atomic E-state index is -2.85. The summed E-state index contributed by atoms with van der Waals surface area (Å²) in [5, 5.41) is 8.91. The number of alkyl halides is 2. The molecule has 7 heteroatoms. The van der Waals surface area contributed by atoms with Crippen molar-refractivity contribution in [3.8, 4) is 5.75 Å². The SMILES string of the molecule is CN(C)CCN(CC(=O)O)Cc1ccc(OC(F)F)cc1. The second-order valence-electron chi connectivity index (χ2n) is 4.93. The third-order valence-electron chi connectivity index (χ3n) is 2.78. The molecular weight excluding hydrogens is 282 g/mol. The average Bonchev–Trinajstić information content (AvgIpc) is 2.37. The molecule has 0 amide bonds. The summed E-state index contributed by atoms with van der Waals surface area (Å²) < 4.78 is 28.4. The normalized spacial score (nSPS) is 11.4. The Hall–Kier alpha value is -1.73. The van der Waals surface area contributed by atoms with Gasteiger partial charge in [-0.15, -0.1) is 0 Å². The fraction of sp³-hybridized carbons (Fsp3) is 0.500. The zero-order chi connectivity index (χ0) is 15.8. The molecule has 0 unspecified atom stereocenters. The van der Waals surface area contributed by atoms with Crippen LogP contribution in [0.4, 0.5) is 8.78 Å². The molecule has 0 saturated carbocycles. The van der Waals surface area contributed by atoms with Gasteiger partial charge in [-0.2, -0.15) is 8.78 Å². The van der Waals surface area contributed by atoms with E-state index in [9.17, 15) is 13.6 Å². The molecule has 1 rings (SSSR count). The molecular formula is C14H20F2N2O3. The Morgan fingerprint density at radius 1 is 1.24 bits per heavy atom. The molecule has 0 aliphatic heterocycles. The highest BCUT2D eigenvalue weighted by Gasteiger charge is 2.11. The van der Waals surface area contributed by atoms with E-state index in [4.69, 9.17) is 5.11 Å². The Morgan fingerprint density at radius 3 is 2.33 bits per heavy atom. The first-order valence-electron chi connectivity index (χ1n) is 6.49. The quantitative estimate of drug-likeness (QED) is 0.753. The molecule has 0 saturated heterocycles. The summed E-state index contributed by atoms with van der Waals surface area (Å²) in [6.07, 6.45) is 0. The van der Waals surface area contributed by atoms with Crippen molar-refractivity contribution in [3.63, 3.8) is 0 Å². The van der Waals surface area contributed by atoms with Gasteiger partial charge >= 0.3 is 12.6 Å². The fourth-order valence-electron chi connectivity index (χ4n) is 1.78. The van der Waals surface area contributed by atoms with Crippen LogP contribution in [0.25, 0.3) is 0 Å². The Kier molecular flexibility index (Phi) is 7.04. The number of carboxylic acids is 1. The number of ether oxygens (including phenoxy) is 1. The maximum absolute atomic E-state index is 12.1. The summed E-state index contributed by atoms with van der Waals surface area (Å²) in [4.78, 5) is 14.6. The van der Waals surface area contributed by atoms with E-state index in [0.717, 1.165) is 12.1 Å². The summed E-state index contributed by atoms with van der Waals surface area (Å²) in [6.45, 7) is -1.13. The van der Waals surface area contributed by atoms with E-state index in [1.807, 2.05) is 19.0 Å². The number of rotatable bonds is 9. The smallest absolute Gasteiger partial charge is 0.387 e. The molecule has 0 spiro atoms. The standard InChI is InChI=1S/C14H20F2N2O3/c1-17(2)7-8-18(10-13(19)20)9-11-3-5-12(6-4-11)21-14(15)16/h3-6,14H,7-10H2,1-2H3,(H,19,20). The van der Waals surface area contributed by atoms with Gasteiger partial charge in [0.1, 0.15) is 5.75 Å². The van der Waals surface area contributed by atoms with E-state index in [-0.39, 0.29) is 12.3 Å². The van der Waals surface area contributed by atoms with E-state index < -0.39 is 12.6 Å². The third-order valence-corrected chi connectivity index (χ3v) is 2.78. The first-order chi connectivity index (χ1) is 9.86. The maximum atomic E-state index is 12.1. The van der Waals surface area contributed by atoms with Crippen molar-refractivity contribution in [1.82, 2.24) is 9.80 Å². The zero-order valence-electron chi connectivity index (χ0n) is 12.1. The van der Waals surface area contributed by atoms with Crippen LogP contribution in [0.5, 0.6) is 5.75 Å². The summed E-state index contributed by atoms with van der Waals surface area (Å²) in [5.74, 6) is -0.807. The van der Waals surface area contributed by atoms with Crippen LogP contribution in [0.1, 0.15) is 5.56 Å². The van der Waals surface area contributed by atoms with Crippen molar-refractivity contribution in [1.29, 1.82) is 0 Å². The number of halogens is 2. The highest BCUT2D eigenvalue weighted by atomic mass is 19.3. The molecule has 0 aromatic heterocycles. The largest absolute Gasteiger partial charge is 0.480 e. The van der Waals surface area contributed by atoms with Crippen LogP contribution >= 0.6 is 0 Å². The second kappa shape index (κ2) is 8.53. The second-order valence-corrected chi connectivity index (χ2v) is 4.93. The molecule has 0 atom stereocenters. The third kappa shape index (κ3) is 7.57. The molecule has 0 aliphatic carbocycles. The van der Waals surface area contributed by atoms with E-state index in [1.54, 1.807) is 17.0 Å². The summed E-state index contributed by atoms with van der Waals surface area (Å²) in [7, 11) is 3.82. The summed E-state index contributed by atoms with van der Waals surface area (Å²) in [5.41, 5.74) is 0.844. The van der Waals surface area contributed by atoms with E-state index in [1.165, 1.54) is 12.1 Å². The Bertz CT molecular complexity index is 438. The topological polar surface area (TPSA) is 53.0 Å². The van der Waals surface area contributed by atoms with Gasteiger partial charge < -0.3 is 14.7 Å². The number of aliphatic carboxylic acids is 1. The van der Waals surface area contributed by atoms with Gasteiger partial charge in [0.25, 0.3) is 0 Å². The molecule has 1 N–H and O–H groups in total. The maximum Gasteiger partial charge on any atom is 0.387 e. The van der Waals surface area contributed by atoms with Crippen molar-refractivity contribution in [3.05, 3.63) is 29.8 Å². The first kappa shape index (κ1) is 17.3. The van der Waals surface area contributed by atoms with Gasteiger partial charge in [-0.1, -0.05) is 12.1 Å². The lowest BCUT2D eigenvalue weighted by molar-refractivity contribution is -0.138. The molecule has 0 fully saturated rings. The van der Waals surface area contributed by atoms with Crippen LogP contribution in [0, 0.1) is 0 Å². The van der Waals surface area contributed by atoms with Crippen LogP contribution < -0.4 is 4.74 Å². The highest BCUT2D eigenvalue weighted by Crippen LogP contribution is 2.16. The molecule has 0 aliphatic rings. The monoisotopic (exact) mass is 302 g/mol. The van der Waals surface area contributed by atoms with Gasteiger partial charge in [0.2, 0.25) is 0 Å². The van der Waals surface area contributed by atoms with Gasteiger partial charge in [-0.3, -0.25) is 9.69 Å². The number of likely N-dealkylation sites (N-methyl/N-ethyl adjacent to an activating group) is 1. The molecule has 21 heavy (non-hydrogen) atoms. The number of nitrogens with zero attached hydrogens (tertiary/aromatic N) is 2. The van der Waals surface area contributed by atoms with Crippen molar-refractivity contribution >= 4 is 5.97 Å². The van der Waals surface area contributed by atoms with Gasteiger partial charge in [-0.25, -0.2) is 0 Å². The number of carbonyl (C=O) groups is 1. The predicted molar refractivity (Wildman–Crippen MR) is 74.5 cm³/mol. The highest BCUT2D eigenvalue weighted by molar-refractivity contribution is 5.69. The van der Waals surface area contributed by atoms with E-state index in [2.05, 4.69) is 4.74 Å². The van der Waals surface area contributed by atoms with Gasteiger partial charge in [0.05, 0.1) is 6.54 Å². The number of carboxylic acid groups (broad SMARTS) is 1. The molecule has 0 radical (unpaired) electrons. The van der Waals surface area contributed by atoms with Crippen LogP contribution in [0.15, 0.2) is 24.3 Å². The molecule has 5 nitrogen and oxygen atoms in total. The molecule has 1 aromatic carbocycles. The molecule has 0 bridgehead atoms. The van der Waals surface area contributed by atoms with Crippen LogP contribution in [0.3, 0.4) is 0 Å². The van der Waals surface area contributed by atoms with E-state index >= 15 is 0 Å². The number of hydrogen-bond donors (Lipinski definition) is 1. The van der Waals surface area contributed by atoms with Crippen molar-refractivity contribution < 1.29 is 23.4 Å². The average molecular weight is 302 g/mol. The lowest BCUT2D eigenvalue weighted by atomic mass is 10.2. The van der Waals surface area contributed by atoms with Gasteiger partial charge in [0, 0.05) is 19.6 Å². The molecule has 118 valence electrons. The number of hydrogen-bond acceptors (Lipinski definition) is 4. The molecule has 0 heterocycles. The van der Waals surface area contributed by atoms with Crippen molar-refractivity contribution in [2.75, 3.05) is 33.7 Å². The van der Waals surface area contributed by atoms with Gasteiger partial charge in [0.15, 0.2) is 0 Å². The van der Waals surface area contributed by atoms with Crippen LogP contribution in [0.2, 0.25) is 0 Å². The van der Waals surface area contributed by atoms with Gasteiger partial charge in [-0.05, 0) is 31.8 Å². The fourth-order valence-corrected chi connectivity index (χ4v) is 1.78. The lowest BCUT2D eigenvalue weighted by Gasteiger charge is -2.22. The number of benzene rings is 1. The zero-order valence-corrected chi connectivity index (χ0v) is 12.1. The Balaban J connectivity index is 2.62. The lowest BCUT2D eigenvalue weighted by Crippen LogP contribution is -2.35. The Labute approximate surface area is 122 Å². The minimum Gasteiger partial charge on any atom is -0.480 e. The summed E-state index contributed by atoms with van der Waals surface area (Å²) >= 11 is 0.